The van der Waals surface area contributed by atoms with E-state index in [9.17, 15) is 14.9 Å². The van der Waals surface area contributed by atoms with Gasteiger partial charge in [-0.2, -0.15) is 0 Å². The van der Waals surface area contributed by atoms with Crippen molar-refractivity contribution in [2.45, 2.75) is 31.7 Å². The summed E-state index contributed by atoms with van der Waals surface area (Å²) in [4.78, 5) is 24.7. The second-order valence-corrected chi connectivity index (χ2v) is 6.03. The lowest BCUT2D eigenvalue weighted by Crippen LogP contribution is -2.35. The SMILES string of the molecule is O=C(c1cc(Br)cc([N+](=O)[O-])c1)N1CCCC1CCCO. The van der Waals surface area contributed by atoms with Gasteiger partial charge in [0, 0.05) is 41.4 Å². The summed E-state index contributed by atoms with van der Waals surface area (Å²) in [6.07, 6.45) is 3.27. The van der Waals surface area contributed by atoms with E-state index in [1.807, 2.05) is 0 Å². The van der Waals surface area contributed by atoms with E-state index >= 15 is 0 Å². The lowest BCUT2D eigenvalue weighted by molar-refractivity contribution is -0.385. The highest BCUT2D eigenvalue weighted by molar-refractivity contribution is 9.10. The number of nitro benzene ring substituents is 1. The number of amides is 1. The molecule has 1 aliphatic rings. The third-order valence-corrected chi connectivity index (χ3v) is 4.13. The number of carbonyl (C=O) groups excluding carboxylic acids is 1. The van der Waals surface area contributed by atoms with Gasteiger partial charge >= 0.3 is 0 Å². The molecule has 1 atom stereocenters. The molecule has 1 heterocycles. The maximum Gasteiger partial charge on any atom is 0.271 e. The average molecular weight is 357 g/mol. The molecule has 0 bridgehead atoms. The van der Waals surface area contributed by atoms with Gasteiger partial charge < -0.3 is 10.0 Å². The molecule has 114 valence electrons. The van der Waals surface area contributed by atoms with E-state index in [-0.39, 0.29) is 24.2 Å². The van der Waals surface area contributed by atoms with Crippen molar-refractivity contribution in [3.8, 4) is 0 Å². The highest BCUT2D eigenvalue weighted by Crippen LogP contribution is 2.27. The predicted molar refractivity (Wildman–Crippen MR) is 81.2 cm³/mol. The standard InChI is InChI=1S/C14H17BrN2O4/c15-11-7-10(8-13(9-11)17(20)21)14(19)16-5-1-3-12(16)4-2-6-18/h7-9,12,18H,1-6H2. The van der Waals surface area contributed by atoms with E-state index in [2.05, 4.69) is 15.9 Å². The van der Waals surface area contributed by atoms with Crippen LogP contribution in [0.5, 0.6) is 0 Å². The Labute approximate surface area is 131 Å². The monoisotopic (exact) mass is 356 g/mol. The molecular weight excluding hydrogens is 340 g/mol. The Morgan fingerprint density at radius 3 is 2.90 bits per heavy atom. The summed E-state index contributed by atoms with van der Waals surface area (Å²) >= 11 is 3.21. The number of non-ortho nitro benzene ring substituents is 1. The first kappa shape index (κ1) is 15.9. The molecule has 0 aromatic heterocycles. The number of likely N-dealkylation sites (tertiary alicyclic amines) is 1. The van der Waals surface area contributed by atoms with Gasteiger partial charge in [-0.1, -0.05) is 15.9 Å². The number of rotatable bonds is 5. The van der Waals surface area contributed by atoms with Gasteiger partial charge in [-0.3, -0.25) is 14.9 Å². The van der Waals surface area contributed by atoms with Gasteiger partial charge in [0.2, 0.25) is 0 Å². The number of halogens is 1. The number of benzene rings is 1. The van der Waals surface area contributed by atoms with E-state index in [1.165, 1.54) is 12.1 Å². The second kappa shape index (κ2) is 7.00. The number of aliphatic hydroxyl groups excluding tert-OH is 1. The van der Waals surface area contributed by atoms with Gasteiger partial charge in [0.25, 0.3) is 11.6 Å². The number of nitro groups is 1. The average Bonchev–Trinajstić information content (AvgIpc) is 2.91. The molecule has 0 spiro atoms. The number of hydrogen-bond donors (Lipinski definition) is 1. The van der Waals surface area contributed by atoms with Crippen molar-refractivity contribution in [3.63, 3.8) is 0 Å². The Morgan fingerprint density at radius 2 is 2.24 bits per heavy atom. The van der Waals surface area contributed by atoms with Crippen LogP contribution in [0.4, 0.5) is 5.69 Å². The molecule has 1 N–H and O–H groups in total. The molecule has 6 nitrogen and oxygen atoms in total. The van der Waals surface area contributed by atoms with Gasteiger partial charge in [-0.15, -0.1) is 0 Å². The Kier molecular flexibility index (Phi) is 5.30. The fourth-order valence-electron chi connectivity index (χ4n) is 2.70. The van der Waals surface area contributed by atoms with Crippen LogP contribution in [-0.4, -0.2) is 40.0 Å². The molecule has 1 amide bonds. The largest absolute Gasteiger partial charge is 0.396 e. The topological polar surface area (TPSA) is 83.7 Å². The molecule has 0 radical (unpaired) electrons. The predicted octanol–water partition coefficient (Wildman–Crippen LogP) is 2.73. The van der Waals surface area contributed by atoms with Crippen LogP contribution >= 0.6 is 15.9 Å². The Hall–Kier alpha value is -1.47. The van der Waals surface area contributed by atoms with Crippen molar-refractivity contribution < 1.29 is 14.8 Å². The lowest BCUT2D eigenvalue weighted by atomic mass is 10.1. The van der Waals surface area contributed by atoms with Gasteiger partial charge in [0.05, 0.1) is 4.92 Å². The minimum Gasteiger partial charge on any atom is -0.396 e. The van der Waals surface area contributed by atoms with Crippen LogP contribution in [0.15, 0.2) is 22.7 Å². The summed E-state index contributed by atoms with van der Waals surface area (Å²) in [5.41, 5.74) is 0.228. The van der Waals surface area contributed by atoms with E-state index in [1.54, 1.807) is 11.0 Å². The van der Waals surface area contributed by atoms with Crippen LogP contribution < -0.4 is 0 Å². The summed E-state index contributed by atoms with van der Waals surface area (Å²) in [5.74, 6) is -0.181. The van der Waals surface area contributed by atoms with Crippen LogP contribution in [-0.2, 0) is 0 Å². The first-order chi connectivity index (χ1) is 10.0. The number of hydrogen-bond acceptors (Lipinski definition) is 4. The summed E-state index contributed by atoms with van der Waals surface area (Å²) in [7, 11) is 0. The molecule has 1 aliphatic heterocycles. The highest BCUT2D eigenvalue weighted by atomic mass is 79.9. The Balaban J connectivity index is 2.21. The van der Waals surface area contributed by atoms with Crippen LogP contribution in [0.25, 0.3) is 0 Å². The van der Waals surface area contributed by atoms with Crippen molar-refractivity contribution in [2.75, 3.05) is 13.2 Å². The fraction of sp³-hybridized carbons (Fsp3) is 0.500. The Morgan fingerprint density at radius 1 is 1.48 bits per heavy atom. The molecule has 1 fully saturated rings. The van der Waals surface area contributed by atoms with Crippen molar-refractivity contribution >= 4 is 27.5 Å². The quantitative estimate of drug-likeness (QED) is 0.649. The molecule has 21 heavy (non-hydrogen) atoms. The van der Waals surface area contributed by atoms with Gasteiger partial charge in [-0.05, 0) is 31.7 Å². The molecular formula is C14H17BrN2O4. The van der Waals surface area contributed by atoms with Crippen molar-refractivity contribution in [3.05, 3.63) is 38.3 Å². The normalized spacial score (nSPS) is 18.0. The molecule has 2 rings (SSSR count). The van der Waals surface area contributed by atoms with Gasteiger partial charge in [0.1, 0.15) is 0 Å². The zero-order valence-electron chi connectivity index (χ0n) is 11.5. The summed E-state index contributed by atoms with van der Waals surface area (Å²) in [6, 6.07) is 4.41. The van der Waals surface area contributed by atoms with Gasteiger partial charge in [-0.25, -0.2) is 0 Å². The lowest BCUT2D eigenvalue weighted by Gasteiger charge is -2.24. The number of nitrogens with zero attached hydrogens (tertiary/aromatic N) is 2. The minimum absolute atomic E-state index is 0.0983. The Bertz CT molecular complexity index is 550. The molecule has 1 saturated heterocycles. The van der Waals surface area contributed by atoms with Crippen LogP contribution in [0.2, 0.25) is 0 Å². The zero-order valence-corrected chi connectivity index (χ0v) is 13.1. The highest BCUT2D eigenvalue weighted by Gasteiger charge is 2.29. The zero-order chi connectivity index (χ0) is 15.4. The minimum atomic E-state index is -0.505. The first-order valence-corrected chi connectivity index (χ1v) is 7.69. The first-order valence-electron chi connectivity index (χ1n) is 6.89. The smallest absolute Gasteiger partial charge is 0.271 e. The molecule has 1 aromatic carbocycles. The van der Waals surface area contributed by atoms with E-state index in [4.69, 9.17) is 5.11 Å². The number of carbonyl (C=O) groups is 1. The van der Waals surface area contributed by atoms with E-state index in [0.717, 1.165) is 19.3 Å². The third-order valence-electron chi connectivity index (χ3n) is 3.67. The third kappa shape index (κ3) is 3.79. The van der Waals surface area contributed by atoms with Crippen molar-refractivity contribution in [1.29, 1.82) is 0 Å². The molecule has 1 unspecified atom stereocenters. The summed E-state index contributed by atoms with van der Waals surface area (Å²) in [6.45, 7) is 0.774. The maximum atomic E-state index is 12.6. The summed E-state index contributed by atoms with van der Waals surface area (Å²) in [5, 5.41) is 19.8. The van der Waals surface area contributed by atoms with Crippen LogP contribution in [0.1, 0.15) is 36.0 Å². The molecule has 0 saturated carbocycles. The van der Waals surface area contributed by atoms with E-state index < -0.39 is 4.92 Å². The maximum absolute atomic E-state index is 12.6. The fourth-order valence-corrected chi connectivity index (χ4v) is 3.18. The second-order valence-electron chi connectivity index (χ2n) is 5.12. The van der Waals surface area contributed by atoms with E-state index in [0.29, 0.717) is 23.0 Å². The number of aliphatic hydroxyl groups is 1. The van der Waals surface area contributed by atoms with Crippen molar-refractivity contribution in [1.82, 2.24) is 4.90 Å². The molecule has 7 heteroatoms. The van der Waals surface area contributed by atoms with Gasteiger partial charge in [0.15, 0.2) is 0 Å². The van der Waals surface area contributed by atoms with Crippen LogP contribution in [0.3, 0.4) is 0 Å². The molecule has 0 aliphatic carbocycles. The summed E-state index contributed by atoms with van der Waals surface area (Å²) < 4.78 is 0.520. The molecule has 1 aromatic rings. The van der Waals surface area contributed by atoms with Crippen molar-refractivity contribution in [2.24, 2.45) is 0 Å². The van der Waals surface area contributed by atoms with Crippen LogP contribution in [0, 0.1) is 10.1 Å².